The number of nitrogens with one attached hydrogen (secondary N) is 2. The summed E-state index contributed by atoms with van der Waals surface area (Å²) in [5.41, 5.74) is 2.09. The van der Waals surface area contributed by atoms with Crippen LogP contribution in [0.25, 0.3) is 0 Å². The number of aromatic nitrogens is 2. The molecule has 0 unspecified atom stereocenters. The van der Waals surface area contributed by atoms with Crippen molar-refractivity contribution in [2.24, 2.45) is 5.92 Å². The summed E-state index contributed by atoms with van der Waals surface area (Å²) < 4.78 is 5.26. The first-order valence-corrected chi connectivity index (χ1v) is 10.3. The number of methoxy groups -OCH3 is 1. The number of rotatable bonds is 4. The van der Waals surface area contributed by atoms with Gasteiger partial charge in [-0.05, 0) is 24.1 Å². The zero-order valence-corrected chi connectivity index (χ0v) is 16.9. The van der Waals surface area contributed by atoms with E-state index >= 15 is 0 Å². The highest BCUT2D eigenvalue weighted by molar-refractivity contribution is 7.99. The highest BCUT2D eigenvalue weighted by Crippen LogP contribution is 2.45. The number of allylic oxidation sites excluding steroid dienone is 2. The van der Waals surface area contributed by atoms with Crippen molar-refractivity contribution in [3.8, 4) is 5.75 Å². The molecule has 0 saturated heterocycles. The number of anilines is 1. The number of ether oxygens (including phenoxy) is 1. The molecule has 2 aliphatic rings. The number of hydrogen-bond donors (Lipinski definition) is 2. The lowest BCUT2D eigenvalue weighted by atomic mass is 9.72. The molecule has 0 spiro atoms. The SMILES string of the molecule is COc1ccc([C@@H]2c3c(nc(SC(C)C)[nH]c3=O)NC3=CCCC(=O)[C@H]32)cc1. The fourth-order valence-electron chi connectivity index (χ4n) is 3.92. The molecule has 0 radical (unpaired) electrons. The molecular weight excluding hydrogens is 374 g/mol. The van der Waals surface area contributed by atoms with Crippen LogP contribution in [0.3, 0.4) is 0 Å². The summed E-state index contributed by atoms with van der Waals surface area (Å²) in [4.78, 5) is 33.4. The van der Waals surface area contributed by atoms with Gasteiger partial charge >= 0.3 is 0 Å². The summed E-state index contributed by atoms with van der Waals surface area (Å²) in [6, 6.07) is 7.57. The van der Waals surface area contributed by atoms with Crippen molar-refractivity contribution in [1.29, 1.82) is 0 Å². The molecule has 0 fully saturated rings. The van der Waals surface area contributed by atoms with Gasteiger partial charge in [-0.2, -0.15) is 0 Å². The van der Waals surface area contributed by atoms with Crippen molar-refractivity contribution < 1.29 is 9.53 Å². The normalized spacial score (nSPS) is 20.9. The molecule has 146 valence electrons. The zero-order chi connectivity index (χ0) is 19.8. The number of nitrogens with zero attached hydrogens (tertiary/aromatic N) is 1. The van der Waals surface area contributed by atoms with Crippen LogP contribution in [0.1, 0.15) is 43.7 Å². The third kappa shape index (κ3) is 3.35. The van der Waals surface area contributed by atoms with Crippen LogP contribution >= 0.6 is 11.8 Å². The number of aromatic amines is 1. The number of hydrogen-bond acceptors (Lipinski definition) is 6. The Labute approximate surface area is 167 Å². The number of benzene rings is 1. The maximum atomic E-state index is 13.0. The molecule has 6 nitrogen and oxygen atoms in total. The summed E-state index contributed by atoms with van der Waals surface area (Å²) in [6.45, 7) is 4.10. The Hall–Kier alpha value is -2.54. The van der Waals surface area contributed by atoms with Crippen LogP contribution in [0.4, 0.5) is 5.82 Å². The van der Waals surface area contributed by atoms with Gasteiger partial charge in [-0.15, -0.1) is 0 Å². The van der Waals surface area contributed by atoms with E-state index in [2.05, 4.69) is 35.2 Å². The number of H-pyrrole nitrogens is 1. The van der Waals surface area contributed by atoms with Gasteiger partial charge in [0, 0.05) is 23.3 Å². The van der Waals surface area contributed by atoms with E-state index in [1.807, 2.05) is 24.3 Å². The van der Waals surface area contributed by atoms with Crippen molar-refractivity contribution >= 4 is 23.4 Å². The highest BCUT2D eigenvalue weighted by Gasteiger charge is 2.42. The Bertz CT molecular complexity index is 995. The van der Waals surface area contributed by atoms with Crippen molar-refractivity contribution in [3.63, 3.8) is 0 Å². The zero-order valence-electron chi connectivity index (χ0n) is 16.1. The maximum Gasteiger partial charge on any atom is 0.257 e. The van der Waals surface area contributed by atoms with Crippen molar-refractivity contribution in [1.82, 2.24) is 9.97 Å². The van der Waals surface area contributed by atoms with Gasteiger partial charge in [0.25, 0.3) is 5.56 Å². The first kappa shape index (κ1) is 18.8. The standard InChI is InChI=1S/C21H23N3O3S/c1-11(2)28-21-23-19-18(20(26)24-21)16(12-7-9-13(27-3)10-8-12)17-14(22-19)5-4-6-15(17)25/h5,7-11,16-17H,4,6H2,1-3H3,(H2,22,23,24,26)/t16-,17-/m0/s1. The molecule has 1 aromatic heterocycles. The van der Waals surface area contributed by atoms with Crippen LogP contribution in [0, 0.1) is 5.92 Å². The molecule has 1 aliphatic carbocycles. The van der Waals surface area contributed by atoms with Crippen molar-refractivity contribution in [3.05, 3.63) is 57.5 Å². The minimum absolute atomic E-state index is 0.150. The second kappa shape index (κ2) is 7.47. The molecule has 1 aliphatic heterocycles. The molecule has 2 atom stereocenters. The Morgan fingerprint density at radius 1 is 1.18 bits per heavy atom. The lowest BCUT2D eigenvalue weighted by Gasteiger charge is -2.36. The monoisotopic (exact) mass is 397 g/mol. The second-order valence-electron chi connectivity index (χ2n) is 7.32. The molecule has 0 saturated carbocycles. The van der Waals surface area contributed by atoms with Crippen LogP contribution in [-0.4, -0.2) is 28.1 Å². The van der Waals surface area contributed by atoms with E-state index in [0.717, 1.165) is 17.0 Å². The smallest absolute Gasteiger partial charge is 0.257 e. The maximum absolute atomic E-state index is 13.0. The summed E-state index contributed by atoms with van der Waals surface area (Å²) in [5.74, 6) is 0.678. The number of ketones is 1. The number of carbonyl (C=O) groups is 1. The van der Waals surface area contributed by atoms with E-state index in [9.17, 15) is 9.59 Å². The second-order valence-corrected chi connectivity index (χ2v) is 8.88. The molecule has 2 heterocycles. The van der Waals surface area contributed by atoms with Crippen molar-refractivity contribution in [2.45, 2.75) is 43.0 Å². The Morgan fingerprint density at radius 3 is 2.61 bits per heavy atom. The average molecular weight is 398 g/mol. The van der Waals surface area contributed by atoms with Gasteiger partial charge in [-0.1, -0.05) is 43.8 Å². The van der Waals surface area contributed by atoms with Gasteiger partial charge in [-0.3, -0.25) is 9.59 Å². The van der Waals surface area contributed by atoms with E-state index < -0.39 is 0 Å². The lowest BCUT2D eigenvalue weighted by Crippen LogP contribution is -2.38. The van der Waals surface area contributed by atoms with Crippen LogP contribution in [0.5, 0.6) is 5.75 Å². The summed E-state index contributed by atoms with van der Waals surface area (Å²) >= 11 is 1.51. The molecule has 4 rings (SSSR count). The first-order chi connectivity index (χ1) is 13.5. The van der Waals surface area contributed by atoms with E-state index in [4.69, 9.17) is 4.74 Å². The van der Waals surface area contributed by atoms with Crippen LogP contribution < -0.4 is 15.6 Å². The third-order valence-electron chi connectivity index (χ3n) is 5.10. The topological polar surface area (TPSA) is 84.1 Å². The molecule has 2 aromatic rings. The van der Waals surface area contributed by atoms with E-state index in [0.29, 0.717) is 34.6 Å². The van der Waals surface area contributed by atoms with E-state index in [1.165, 1.54) is 11.8 Å². The molecule has 2 N–H and O–H groups in total. The fraction of sp³-hybridized carbons (Fsp3) is 0.381. The van der Waals surface area contributed by atoms with Gasteiger partial charge in [0.2, 0.25) is 0 Å². The van der Waals surface area contributed by atoms with Crippen LogP contribution in [-0.2, 0) is 4.79 Å². The highest BCUT2D eigenvalue weighted by atomic mass is 32.2. The molecule has 0 bridgehead atoms. The molecular formula is C21H23N3O3S. The largest absolute Gasteiger partial charge is 0.497 e. The summed E-state index contributed by atoms with van der Waals surface area (Å²) in [5, 5.41) is 4.16. The number of thioether (sulfide) groups is 1. The minimum Gasteiger partial charge on any atom is -0.497 e. The van der Waals surface area contributed by atoms with E-state index in [-0.39, 0.29) is 23.2 Å². The van der Waals surface area contributed by atoms with Gasteiger partial charge in [0.15, 0.2) is 5.16 Å². The predicted octanol–water partition coefficient (Wildman–Crippen LogP) is 3.70. The first-order valence-electron chi connectivity index (χ1n) is 9.42. The van der Waals surface area contributed by atoms with E-state index in [1.54, 1.807) is 7.11 Å². The van der Waals surface area contributed by atoms with Gasteiger partial charge in [0.05, 0.1) is 18.6 Å². The Kier molecular flexibility index (Phi) is 5.02. The van der Waals surface area contributed by atoms with Gasteiger partial charge in [0.1, 0.15) is 17.4 Å². The summed E-state index contributed by atoms with van der Waals surface area (Å²) in [6.07, 6.45) is 3.26. The fourth-order valence-corrected chi connectivity index (χ4v) is 4.66. The molecule has 7 heteroatoms. The predicted molar refractivity (Wildman–Crippen MR) is 110 cm³/mol. The van der Waals surface area contributed by atoms with Crippen molar-refractivity contribution in [2.75, 3.05) is 12.4 Å². The lowest BCUT2D eigenvalue weighted by molar-refractivity contribution is -0.122. The number of fused-ring (bicyclic) bond motifs is 2. The number of Topliss-reactive ketones (excluding diaryl/α,β-unsaturated/α-hetero) is 1. The Balaban J connectivity index is 1.89. The van der Waals surface area contributed by atoms with Gasteiger partial charge < -0.3 is 15.0 Å². The molecule has 1 aromatic carbocycles. The molecule has 0 amide bonds. The quantitative estimate of drug-likeness (QED) is 0.605. The van der Waals surface area contributed by atoms with Gasteiger partial charge in [-0.25, -0.2) is 4.98 Å². The summed E-state index contributed by atoms with van der Waals surface area (Å²) in [7, 11) is 1.61. The molecule has 28 heavy (non-hydrogen) atoms. The van der Waals surface area contributed by atoms with Crippen LogP contribution in [0.15, 0.2) is 46.0 Å². The third-order valence-corrected chi connectivity index (χ3v) is 5.99. The van der Waals surface area contributed by atoms with Crippen LogP contribution in [0.2, 0.25) is 0 Å². The number of carbonyl (C=O) groups excluding carboxylic acids is 1. The Morgan fingerprint density at radius 2 is 1.93 bits per heavy atom. The average Bonchev–Trinajstić information content (AvgIpc) is 2.66. The minimum atomic E-state index is -0.388.